The molecule has 1 aromatic carbocycles. The normalized spacial score (nSPS) is 9.41. The zero-order chi connectivity index (χ0) is 13.3. The van der Waals surface area contributed by atoms with E-state index in [1.807, 2.05) is 25.2 Å². The molecule has 17 heavy (non-hydrogen) atoms. The van der Waals surface area contributed by atoms with Crippen LogP contribution in [0.2, 0.25) is 0 Å². The Labute approximate surface area is 103 Å². The van der Waals surface area contributed by atoms with Crippen LogP contribution < -0.4 is 11.2 Å². The standard InChI is InChI=1S/C9H14N2.C4H7NO/c1-10-11(2)8-9-6-4-3-5-7-9;1-3(2)4(5)6/h3-7,10H,8H2,1-2H3;1H2,2H3,(H2,5,6). The summed E-state index contributed by atoms with van der Waals surface area (Å²) in [5.74, 6) is -0.435. The van der Waals surface area contributed by atoms with Gasteiger partial charge in [0.2, 0.25) is 5.91 Å². The first kappa shape index (κ1) is 15.4. The lowest BCUT2D eigenvalue weighted by molar-refractivity contribution is -0.114. The summed E-state index contributed by atoms with van der Waals surface area (Å²) in [6, 6.07) is 10.4. The average molecular weight is 235 g/mol. The summed E-state index contributed by atoms with van der Waals surface area (Å²) in [7, 11) is 3.94. The highest BCUT2D eigenvalue weighted by Crippen LogP contribution is 1.99. The number of nitrogens with zero attached hydrogens (tertiary/aromatic N) is 1. The van der Waals surface area contributed by atoms with Gasteiger partial charge in [-0.15, -0.1) is 0 Å². The molecular weight excluding hydrogens is 214 g/mol. The van der Waals surface area contributed by atoms with Gasteiger partial charge in [0.1, 0.15) is 0 Å². The molecule has 94 valence electrons. The van der Waals surface area contributed by atoms with Gasteiger partial charge in [-0.25, -0.2) is 5.01 Å². The maximum Gasteiger partial charge on any atom is 0.243 e. The van der Waals surface area contributed by atoms with E-state index in [1.165, 1.54) is 5.56 Å². The van der Waals surface area contributed by atoms with Crippen molar-refractivity contribution >= 4 is 5.91 Å². The van der Waals surface area contributed by atoms with Gasteiger partial charge in [-0.1, -0.05) is 36.9 Å². The van der Waals surface area contributed by atoms with Gasteiger partial charge in [-0.2, -0.15) is 0 Å². The number of benzene rings is 1. The fraction of sp³-hybridized carbons (Fsp3) is 0.308. The first-order valence-electron chi connectivity index (χ1n) is 5.35. The van der Waals surface area contributed by atoms with Crippen molar-refractivity contribution in [3.05, 3.63) is 48.0 Å². The lowest BCUT2D eigenvalue weighted by Crippen LogP contribution is -2.29. The Morgan fingerprint density at radius 2 is 1.88 bits per heavy atom. The molecule has 0 saturated heterocycles. The average Bonchev–Trinajstić information content (AvgIpc) is 2.31. The van der Waals surface area contributed by atoms with E-state index in [0.29, 0.717) is 5.57 Å². The van der Waals surface area contributed by atoms with E-state index in [4.69, 9.17) is 5.73 Å². The lowest BCUT2D eigenvalue weighted by Gasteiger charge is -2.14. The van der Waals surface area contributed by atoms with E-state index in [0.717, 1.165) is 6.54 Å². The van der Waals surface area contributed by atoms with Crippen LogP contribution in [0.4, 0.5) is 0 Å². The molecule has 4 heteroatoms. The molecule has 0 atom stereocenters. The van der Waals surface area contributed by atoms with E-state index >= 15 is 0 Å². The Bertz CT molecular complexity index is 337. The van der Waals surface area contributed by atoms with E-state index < -0.39 is 5.91 Å². The van der Waals surface area contributed by atoms with Crippen molar-refractivity contribution in [2.45, 2.75) is 13.5 Å². The van der Waals surface area contributed by atoms with Crippen LogP contribution >= 0.6 is 0 Å². The highest BCUT2D eigenvalue weighted by molar-refractivity contribution is 5.90. The predicted octanol–water partition coefficient (Wildman–Crippen LogP) is 1.30. The molecule has 0 aromatic heterocycles. The molecule has 0 aliphatic rings. The number of carbonyl (C=O) groups excluding carboxylic acids is 1. The molecule has 0 bridgehead atoms. The Morgan fingerprint density at radius 3 is 2.24 bits per heavy atom. The zero-order valence-electron chi connectivity index (χ0n) is 10.7. The van der Waals surface area contributed by atoms with Gasteiger partial charge in [0.25, 0.3) is 0 Å². The predicted molar refractivity (Wildman–Crippen MR) is 71.0 cm³/mol. The first-order valence-corrected chi connectivity index (χ1v) is 5.35. The monoisotopic (exact) mass is 235 g/mol. The third-order valence-corrected chi connectivity index (χ3v) is 2.06. The highest BCUT2D eigenvalue weighted by atomic mass is 16.1. The van der Waals surface area contributed by atoms with Crippen LogP contribution in [0.3, 0.4) is 0 Å². The molecule has 0 radical (unpaired) electrons. The first-order chi connectivity index (χ1) is 7.97. The third kappa shape index (κ3) is 8.19. The summed E-state index contributed by atoms with van der Waals surface area (Å²) < 4.78 is 0. The van der Waals surface area contributed by atoms with Gasteiger partial charge in [0.15, 0.2) is 0 Å². The van der Waals surface area contributed by atoms with Crippen LogP contribution in [-0.4, -0.2) is 25.0 Å². The molecule has 0 aliphatic carbocycles. The Morgan fingerprint density at radius 1 is 1.41 bits per heavy atom. The van der Waals surface area contributed by atoms with Gasteiger partial charge in [0, 0.05) is 19.2 Å². The van der Waals surface area contributed by atoms with E-state index in [1.54, 1.807) is 6.92 Å². The van der Waals surface area contributed by atoms with Crippen molar-refractivity contribution in [1.29, 1.82) is 0 Å². The van der Waals surface area contributed by atoms with E-state index in [-0.39, 0.29) is 0 Å². The molecule has 1 amide bonds. The minimum atomic E-state index is -0.435. The molecule has 4 nitrogen and oxygen atoms in total. The Hall–Kier alpha value is -1.65. The second-order valence-corrected chi connectivity index (χ2v) is 3.71. The summed E-state index contributed by atoms with van der Waals surface area (Å²) in [4.78, 5) is 9.82. The maximum atomic E-state index is 9.82. The number of nitrogens with two attached hydrogens (primary N) is 1. The topological polar surface area (TPSA) is 58.4 Å². The second-order valence-electron chi connectivity index (χ2n) is 3.71. The number of hydrogen-bond donors (Lipinski definition) is 2. The minimum absolute atomic E-state index is 0.398. The van der Waals surface area contributed by atoms with Crippen LogP contribution in [0.5, 0.6) is 0 Å². The van der Waals surface area contributed by atoms with Crippen LogP contribution in [0, 0.1) is 0 Å². The minimum Gasteiger partial charge on any atom is -0.366 e. The SMILES string of the molecule is C=C(C)C(N)=O.CNN(C)Cc1ccccc1. The summed E-state index contributed by atoms with van der Waals surface area (Å²) in [5.41, 5.74) is 9.47. The number of carbonyl (C=O) groups is 1. The van der Waals surface area contributed by atoms with Crippen LogP contribution in [-0.2, 0) is 11.3 Å². The summed E-state index contributed by atoms with van der Waals surface area (Å²) >= 11 is 0. The number of hydrazine groups is 1. The largest absolute Gasteiger partial charge is 0.366 e. The van der Waals surface area contributed by atoms with E-state index in [2.05, 4.69) is 36.3 Å². The van der Waals surface area contributed by atoms with Crippen LogP contribution in [0.25, 0.3) is 0 Å². The highest BCUT2D eigenvalue weighted by Gasteiger charge is 1.94. The maximum absolute atomic E-state index is 9.82. The number of rotatable bonds is 4. The molecule has 3 N–H and O–H groups in total. The Kier molecular flexibility index (Phi) is 7.67. The molecule has 0 heterocycles. The van der Waals surface area contributed by atoms with E-state index in [9.17, 15) is 4.79 Å². The van der Waals surface area contributed by atoms with Crippen LogP contribution in [0.1, 0.15) is 12.5 Å². The lowest BCUT2D eigenvalue weighted by atomic mass is 10.2. The molecule has 1 aromatic rings. The quantitative estimate of drug-likeness (QED) is 0.611. The van der Waals surface area contributed by atoms with Crippen molar-refractivity contribution in [1.82, 2.24) is 10.4 Å². The molecule has 0 fully saturated rings. The van der Waals surface area contributed by atoms with Crippen molar-refractivity contribution in [3.8, 4) is 0 Å². The number of amides is 1. The van der Waals surface area contributed by atoms with Gasteiger partial charge in [-0.05, 0) is 19.5 Å². The summed E-state index contributed by atoms with van der Waals surface area (Å²) in [6.07, 6.45) is 0. The smallest absolute Gasteiger partial charge is 0.243 e. The molecule has 0 unspecified atom stereocenters. The summed E-state index contributed by atoms with van der Waals surface area (Å²) in [6.45, 7) is 5.79. The fourth-order valence-electron chi connectivity index (χ4n) is 0.936. The van der Waals surface area contributed by atoms with Crippen molar-refractivity contribution < 1.29 is 4.79 Å². The molecule has 0 spiro atoms. The molecule has 0 aliphatic heterocycles. The molecule has 0 saturated carbocycles. The van der Waals surface area contributed by atoms with Crippen molar-refractivity contribution in [2.75, 3.05) is 14.1 Å². The van der Waals surface area contributed by atoms with Crippen molar-refractivity contribution in [3.63, 3.8) is 0 Å². The molecule has 1 rings (SSSR count). The summed E-state index contributed by atoms with van der Waals surface area (Å²) in [5, 5.41) is 2.04. The number of hydrogen-bond acceptors (Lipinski definition) is 3. The van der Waals surface area contributed by atoms with Gasteiger partial charge in [0.05, 0.1) is 0 Å². The van der Waals surface area contributed by atoms with Gasteiger partial charge >= 0.3 is 0 Å². The number of nitrogens with one attached hydrogen (secondary N) is 1. The third-order valence-electron chi connectivity index (χ3n) is 2.06. The van der Waals surface area contributed by atoms with Crippen molar-refractivity contribution in [2.24, 2.45) is 5.73 Å². The second kappa shape index (κ2) is 8.50. The van der Waals surface area contributed by atoms with Crippen LogP contribution in [0.15, 0.2) is 42.5 Å². The number of primary amides is 1. The fourth-order valence-corrected chi connectivity index (χ4v) is 0.936. The Balaban J connectivity index is 0.000000366. The molecular formula is C13H21N3O. The zero-order valence-corrected chi connectivity index (χ0v) is 10.7. The van der Waals surface area contributed by atoms with Gasteiger partial charge < -0.3 is 5.73 Å². The van der Waals surface area contributed by atoms with Gasteiger partial charge in [-0.3, -0.25) is 10.2 Å².